The number of unbranched alkanes of at least 4 members (excludes halogenated alkanes) is 1. The van der Waals surface area contributed by atoms with Crippen LogP contribution in [0, 0.1) is 0 Å². The minimum atomic E-state index is -0.824. The number of rotatable bonds is 13. The van der Waals surface area contributed by atoms with Crippen LogP contribution < -0.4 is 5.32 Å². The Bertz CT molecular complexity index is 976. The quantitative estimate of drug-likeness (QED) is 0.385. The molecule has 0 heterocycles. The summed E-state index contributed by atoms with van der Waals surface area (Å²) in [6.45, 7) is 5.22. The van der Waals surface area contributed by atoms with Gasteiger partial charge in [-0.3, -0.25) is 9.59 Å². The first-order valence-corrected chi connectivity index (χ1v) is 12.6. The summed E-state index contributed by atoms with van der Waals surface area (Å²) < 4.78 is 5.66. The second kappa shape index (κ2) is 12.9. The maximum atomic E-state index is 12.8. The number of nitrogens with one attached hydrogen (secondary N) is 1. The molecule has 0 saturated carbocycles. The van der Waals surface area contributed by atoms with Gasteiger partial charge in [0.1, 0.15) is 6.61 Å². The topological polar surface area (TPSA) is 95.9 Å². The SMILES string of the molecule is CCC[C@H](CC(=O)N(CC)CCCCC(=O)O)NC(=O)OCC1c2ccccc2-c2ccccc21. The summed E-state index contributed by atoms with van der Waals surface area (Å²) in [5.41, 5.74) is 4.66. The molecule has 7 nitrogen and oxygen atoms in total. The van der Waals surface area contributed by atoms with Gasteiger partial charge in [-0.1, -0.05) is 61.9 Å². The van der Waals surface area contributed by atoms with Gasteiger partial charge in [-0.2, -0.15) is 0 Å². The van der Waals surface area contributed by atoms with Crippen molar-refractivity contribution >= 4 is 18.0 Å². The Hall–Kier alpha value is -3.35. The number of amides is 2. The van der Waals surface area contributed by atoms with Gasteiger partial charge < -0.3 is 20.1 Å². The van der Waals surface area contributed by atoms with E-state index < -0.39 is 12.1 Å². The van der Waals surface area contributed by atoms with Crippen molar-refractivity contribution in [2.75, 3.05) is 19.7 Å². The lowest BCUT2D eigenvalue weighted by Crippen LogP contribution is -2.41. The van der Waals surface area contributed by atoms with Crippen LogP contribution in [0.1, 0.15) is 69.4 Å². The van der Waals surface area contributed by atoms with E-state index in [0.717, 1.165) is 17.5 Å². The number of hydrogen-bond donors (Lipinski definition) is 2. The zero-order valence-corrected chi connectivity index (χ0v) is 20.7. The number of carboxylic acid groups (broad SMARTS) is 1. The fourth-order valence-corrected chi connectivity index (χ4v) is 4.76. The first-order chi connectivity index (χ1) is 16.9. The van der Waals surface area contributed by atoms with Crippen LogP contribution in [0.3, 0.4) is 0 Å². The van der Waals surface area contributed by atoms with E-state index in [0.29, 0.717) is 32.4 Å². The maximum Gasteiger partial charge on any atom is 0.407 e. The average Bonchev–Trinajstić information content (AvgIpc) is 3.16. The molecule has 0 bridgehead atoms. The van der Waals surface area contributed by atoms with Crippen LogP contribution in [-0.2, 0) is 14.3 Å². The van der Waals surface area contributed by atoms with Gasteiger partial charge in [0.2, 0.25) is 5.91 Å². The molecule has 2 aromatic carbocycles. The number of benzene rings is 2. The highest BCUT2D eigenvalue weighted by molar-refractivity contribution is 5.79. The molecule has 0 spiro atoms. The number of hydrogen-bond acceptors (Lipinski definition) is 4. The highest BCUT2D eigenvalue weighted by Crippen LogP contribution is 2.44. The third kappa shape index (κ3) is 7.07. The summed E-state index contributed by atoms with van der Waals surface area (Å²) in [6.07, 6.45) is 2.47. The first-order valence-electron chi connectivity index (χ1n) is 12.6. The zero-order valence-electron chi connectivity index (χ0n) is 20.7. The second-order valence-electron chi connectivity index (χ2n) is 8.98. The van der Waals surface area contributed by atoms with E-state index in [1.165, 1.54) is 11.1 Å². The van der Waals surface area contributed by atoms with Gasteiger partial charge in [0.15, 0.2) is 0 Å². The molecule has 188 valence electrons. The molecule has 1 aliphatic carbocycles. The standard InChI is InChI=1S/C28H36N2O5/c1-3-11-20(18-26(31)30(4-2)17-10-9-16-27(32)33)29-28(34)35-19-25-23-14-7-5-12-21(23)22-13-6-8-15-24(22)25/h5-8,12-15,20,25H,3-4,9-11,16-19H2,1-2H3,(H,29,34)(H,32,33)/t20-/m1/s1. The van der Waals surface area contributed by atoms with E-state index in [-0.39, 0.29) is 37.3 Å². The molecule has 0 radical (unpaired) electrons. The predicted molar refractivity (Wildman–Crippen MR) is 135 cm³/mol. The Morgan fingerprint density at radius 2 is 1.63 bits per heavy atom. The predicted octanol–water partition coefficient (Wildman–Crippen LogP) is 5.19. The summed E-state index contributed by atoms with van der Waals surface area (Å²) in [7, 11) is 0. The Kier molecular flexibility index (Phi) is 9.70. The molecule has 0 fully saturated rings. The zero-order chi connectivity index (χ0) is 25.2. The Morgan fingerprint density at radius 1 is 1.00 bits per heavy atom. The maximum absolute atomic E-state index is 12.8. The molecule has 0 aromatic heterocycles. The number of carbonyl (C=O) groups excluding carboxylic acids is 2. The molecular weight excluding hydrogens is 444 g/mol. The number of nitrogens with zero attached hydrogens (tertiary/aromatic N) is 1. The lowest BCUT2D eigenvalue weighted by Gasteiger charge is -2.24. The number of ether oxygens (including phenoxy) is 1. The van der Waals surface area contributed by atoms with Gasteiger partial charge in [0, 0.05) is 37.9 Å². The van der Waals surface area contributed by atoms with Crippen LogP contribution in [0.25, 0.3) is 11.1 Å². The van der Waals surface area contributed by atoms with Gasteiger partial charge >= 0.3 is 12.1 Å². The largest absolute Gasteiger partial charge is 0.481 e. The average molecular weight is 481 g/mol. The summed E-state index contributed by atoms with van der Waals surface area (Å²) in [6, 6.07) is 16.1. The fraction of sp³-hybridized carbons (Fsp3) is 0.464. The summed E-state index contributed by atoms with van der Waals surface area (Å²) in [5.74, 6) is -0.879. The van der Waals surface area contributed by atoms with Crippen LogP contribution in [0.4, 0.5) is 4.79 Å². The molecule has 2 N–H and O–H groups in total. The first kappa shape index (κ1) is 26.3. The highest BCUT2D eigenvalue weighted by Gasteiger charge is 2.29. The van der Waals surface area contributed by atoms with Crippen molar-refractivity contribution in [3.63, 3.8) is 0 Å². The Balaban J connectivity index is 1.54. The van der Waals surface area contributed by atoms with Gasteiger partial charge in [-0.15, -0.1) is 0 Å². The summed E-state index contributed by atoms with van der Waals surface area (Å²) in [4.78, 5) is 37.9. The van der Waals surface area contributed by atoms with Crippen LogP contribution >= 0.6 is 0 Å². The second-order valence-corrected chi connectivity index (χ2v) is 8.98. The van der Waals surface area contributed by atoms with Gasteiger partial charge in [-0.05, 0) is 48.4 Å². The van der Waals surface area contributed by atoms with Crippen LogP contribution in [0.5, 0.6) is 0 Å². The van der Waals surface area contributed by atoms with E-state index in [2.05, 4.69) is 29.6 Å². The third-order valence-electron chi connectivity index (χ3n) is 6.53. The number of alkyl carbamates (subject to hydrolysis) is 1. The smallest absolute Gasteiger partial charge is 0.407 e. The van der Waals surface area contributed by atoms with Crippen molar-refractivity contribution in [2.45, 2.75) is 64.3 Å². The molecule has 7 heteroatoms. The van der Waals surface area contributed by atoms with E-state index in [4.69, 9.17) is 9.84 Å². The summed E-state index contributed by atoms with van der Waals surface area (Å²) >= 11 is 0. The van der Waals surface area contributed by atoms with Crippen molar-refractivity contribution in [2.24, 2.45) is 0 Å². The van der Waals surface area contributed by atoms with Crippen LogP contribution in [0.2, 0.25) is 0 Å². The molecule has 35 heavy (non-hydrogen) atoms. The van der Waals surface area contributed by atoms with Crippen molar-refractivity contribution in [1.82, 2.24) is 10.2 Å². The lowest BCUT2D eigenvalue weighted by molar-refractivity contribution is -0.137. The van der Waals surface area contributed by atoms with Gasteiger partial charge in [0.05, 0.1) is 0 Å². The monoisotopic (exact) mass is 480 g/mol. The van der Waals surface area contributed by atoms with Crippen molar-refractivity contribution in [1.29, 1.82) is 0 Å². The number of fused-ring (bicyclic) bond motifs is 3. The minimum absolute atomic E-state index is 0.0132. The molecule has 2 amide bonds. The normalized spacial score (nSPS) is 13.0. The van der Waals surface area contributed by atoms with E-state index in [1.807, 2.05) is 38.1 Å². The molecule has 0 aliphatic heterocycles. The molecule has 1 atom stereocenters. The molecule has 0 saturated heterocycles. The van der Waals surface area contributed by atoms with Crippen LogP contribution in [0.15, 0.2) is 48.5 Å². The number of aliphatic carboxylic acids is 1. The number of carboxylic acids is 1. The van der Waals surface area contributed by atoms with Crippen molar-refractivity contribution in [3.05, 3.63) is 59.7 Å². The molecule has 1 aliphatic rings. The molecule has 2 aromatic rings. The van der Waals surface area contributed by atoms with E-state index in [9.17, 15) is 14.4 Å². The van der Waals surface area contributed by atoms with Gasteiger partial charge in [0.25, 0.3) is 0 Å². The lowest BCUT2D eigenvalue weighted by atomic mass is 9.98. The van der Waals surface area contributed by atoms with Gasteiger partial charge in [-0.25, -0.2) is 4.79 Å². The van der Waals surface area contributed by atoms with E-state index in [1.54, 1.807) is 4.90 Å². The third-order valence-corrected chi connectivity index (χ3v) is 6.53. The fourth-order valence-electron chi connectivity index (χ4n) is 4.76. The molecular formula is C28H36N2O5. The number of carbonyl (C=O) groups is 3. The van der Waals surface area contributed by atoms with Crippen molar-refractivity contribution < 1.29 is 24.2 Å². The highest BCUT2D eigenvalue weighted by atomic mass is 16.5. The Morgan fingerprint density at radius 3 is 2.20 bits per heavy atom. The molecule has 3 rings (SSSR count). The minimum Gasteiger partial charge on any atom is -0.481 e. The summed E-state index contributed by atoms with van der Waals surface area (Å²) in [5, 5.41) is 11.7. The molecule has 0 unspecified atom stereocenters. The van der Waals surface area contributed by atoms with Crippen LogP contribution in [-0.4, -0.2) is 53.7 Å². The Labute approximate surface area is 207 Å². The van der Waals surface area contributed by atoms with E-state index >= 15 is 0 Å². The van der Waals surface area contributed by atoms with Crippen molar-refractivity contribution in [3.8, 4) is 11.1 Å².